The van der Waals surface area contributed by atoms with Crippen LogP contribution in [-0.4, -0.2) is 25.4 Å². The number of nitrogens with zero attached hydrogens (tertiary/aromatic N) is 2. The van der Waals surface area contributed by atoms with Crippen molar-refractivity contribution in [2.24, 2.45) is 5.10 Å². The first-order valence-corrected chi connectivity index (χ1v) is 10.8. The second-order valence-electron chi connectivity index (χ2n) is 6.98. The first-order chi connectivity index (χ1) is 15.7. The van der Waals surface area contributed by atoms with Gasteiger partial charge in [-0.2, -0.15) is 5.10 Å². The van der Waals surface area contributed by atoms with Crippen LogP contribution in [0.25, 0.3) is 23.1 Å². The zero-order chi connectivity index (χ0) is 22.3. The highest BCUT2D eigenvalue weighted by Crippen LogP contribution is 2.28. The van der Waals surface area contributed by atoms with Crippen LogP contribution < -0.4 is 14.9 Å². The molecular weight excluding hydrogens is 466 g/mol. The fourth-order valence-corrected chi connectivity index (χ4v) is 3.63. The van der Waals surface area contributed by atoms with Gasteiger partial charge in [0, 0.05) is 15.4 Å². The molecule has 0 aliphatic rings. The molecule has 0 amide bonds. The lowest BCUT2D eigenvalue weighted by atomic mass is 10.1. The molecule has 0 saturated heterocycles. The Balaban J connectivity index is 1.69. The lowest BCUT2D eigenvalue weighted by molar-refractivity contribution is 0.414. The fraction of sp³-hybridized carbons (Fsp3) is 0.0769. The summed E-state index contributed by atoms with van der Waals surface area (Å²) >= 11 is 3.49. The fourth-order valence-electron chi connectivity index (χ4n) is 3.25. The van der Waals surface area contributed by atoms with Gasteiger partial charge in [0.25, 0.3) is 0 Å². The maximum atomic E-state index is 5.42. The molecular formula is C26H22BrN3O2. The van der Waals surface area contributed by atoms with Gasteiger partial charge in [-0.25, -0.2) is 4.98 Å². The molecule has 5 nitrogen and oxygen atoms in total. The van der Waals surface area contributed by atoms with Gasteiger partial charge in [0.2, 0.25) is 0 Å². The van der Waals surface area contributed by atoms with Gasteiger partial charge in [-0.1, -0.05) is 52.3 Å². The average Bonchev–Trinajstić information content (AvgIpc) is 2.83. The van der Waals surface area contributed by atoms with Gasteiger partial charge < -0.3 is 9.47 Å². The lowest BCUT2D eigenvalue weighted by Crippen LogP contribution is -1.97. The molecule has 0 spiro atoms. The normalized spacial score (nSPS) is 11.3. The number of ether oxygens (including phenoxy) is 2. The smallest absolute Gasteiger partial charge is 0.127 e. The highest BCUT2D eigenvalue weighted by atomic mass is 79.9. The number of rotatable bonds is 7. The van der Waals surface area contributed by atoms with E-state index in [0.717, 1.165) is 49.4 Å². The molecule has 0 aliphatic heterocycles. The third-order valence-corrected chi connectivity index (χ3v) is 5.36. The van der Waals surface area contributed by atoms with Crippen LogP contribution in [0.3, 0.4) is 0 Å². The third-order valence-electron chi connectivity index (χ3n) is 4.86. The number of anilines is 1. The second-order valence-corrected chi connectivity index (χ2v) is 7.89. The number of hydrogen-bond acceptors (Lipinski definition) is 5. The van der Waals surface area contributed by atoms with E-state index in [4.69, 9.17) is 14.5 Å². The number of benzene rings is 3. The minimum absolute atomic E-state index is 0.742. The minimum atomic E-state index is 0.742. The summed E-state index contributed by atoms with van der Waals surface area (Å²) in [6.45, 7) is 0. The predicted octanol–water partition coefficient (Wildman–Crippen LogP) is 6.63. The van der Waals surface area contributed by atoms with Crippen molar-refractivity contribution in [2.45, 2.75) is 0 Å². The molecule has 0 saturated carbocycles. The minimum Gasteiger partial charge on any atom is -0.497 e. The summed E-state index contributed by atoms with van der Waals surface area (Å²) in [7, 11) is 3.29. The van der Waals surface area contributed by atoms with Crippen LogP contribution >= 0.6 is 15.9 Å². The Labute approximate surface area is 195 Å². The monoisotopic (exact) mass is 487 g/mol. The maximum Gasteiger partial charge on any atom is 0.127 e. The van der Waals surface area contributed by atoms with Crippen molar-refractivity contribution in [1.82, 2.24) is 4.98 Å². The third kappa shape index (κ3) is 5.15. The topological polar surface area (TPSA) is 55.7 Å². The van der Waals surface area contributed by atoms with Crippen molar-refractivity contribution in [1.29, 1.82) is 0 Å². The number of hydrogen-bond donors (Lipinski definition) is 1. The zero-order valence-electron chi connectivity index (χ0n) is 17.7. The van der Waals surface area contributed by atoms with Crippen LogP contribution in [-0.2, 0) is 0 Å². The SMILES string of the molecule is COc1ccc2nc(C=Cc3ccccc3)cc(NN=Cc3cc(Br)ccc3OC)c2c1. The Morgan fingerprint density at radius 1 is 0.906 bits per heavy atom. The molecule has 3 aromatic carbocycles. The van der Waals surface area contributed by atoms with Crippen molar-refractivity contribution >= 4 is 50.9 Å². The molecule has 4 rings (SSSR count). The van der Waals surface area contributed by atoms with E-state index in [1.807, 2.05) is 72.8 Å². The van der Waals surface area contributed by atoms with E-state index < -0.39 is 0 Å². The van der Waals surface area contributed by atoms with E-state index in [2.05, 4.69) is 38.6 Å². The summed E-state index contributed by atoms with van der Waals surface area (Å²) in [6, 6.07) is 23.7. The first-order valence-electron chi connectivity index (χ1n) is 10.0. The van der Waals surface area contributed by atoms with Gasteiger partial charge in [0.1, 0.15) is 11.5 Å². The van der Waals surface area contributed by atoms with Crippen LogP contribution in [0.2, 0.25) is 0 Å². The number of fused-ring (bicyclic) bond motifs is 1. The first kappa shape index (κ1) is 21.6. The Morgan fingerprint density at radius 3 is 2.53 bits per heavy atom. The van der Waals surface area contributed by atoms with Gasteiger partial charge in [0.15, 0.2) is 0 Å². The molecule has 0 fully saturated rings. The van der Waals surface area contributed by atoms with E-state index in [-0.39, 0.29) is 0 Å². The van der Waals surface area contributed by atoms with E-state index in [1.165, 1.54) is 0 Å². The van der Waals surface area contributed by atoms with Crippen molar-refractivity contribution < 1.29 is 9.47 Å². The summed E-state index contributed by atoms with van der Waals surface area (Å²) < 4.78 is 11.8. The van der Waals surface area contributed by atoms with Gasteiger partial charge in [-0.3, -0.25) is 5.43 Å². The van der Waals surface area contributed by atoms with Gasteiger partial charge in [-0.05, 0) is 54.1 Å². The molecule has 32 heavy (non-hydrogen) atoms. The molecule has 0 aliphatic carbocycles. The molecule has 1 heterocycles. The van der Waals surface area contributed by atoms with Gasteiger partial charge >= 0.3 is 0 Å². The number of nitrogens with one attached hydrogen (secondary N) is 1. The van der Waals surface area contributed by atoms with Crippen molar-refractivity contribution in [3.05, 3.63) is 94.1 Å². The number of halogens is 1. The Kier molecular flexibility index (Phi) is 6.82. The van der Waals surface area contributed by atoms with Gasteiger partial charge in [0.05, 0.1) is 37.3 Å². The molecule has 0 atom stereocenters. The lowest BCUT2D eigenvalue weighted by Gasteiger charge is -2.10. The van der Waals surface area contributed by atoms with Crippen molar-refractivity contribution in [2.75, 3.05) is 19.6 Å². The second kappa shape index (κ2) is 10.1. The summed E-state index contributed by atoms with van der Waals surface area (Å²) in [5.74, 6) is 1.50. The molecule has 0 bridgehead atoms. The van der Waals surface area contributed by atoms with Crippen molar-refractivity contribution in [3.63, 3.8) is 0 Å². The van der Waals surface area contributed by atoms with E-state index in [9.17, 15) is 0 Å². The molecule has 0 radical (unpaired) electrons. The number of hydrazone groups is 1. The Hall–Kier alpha value is -3.64. The van der Waals surface area contributed by atoms with Crippen LogP contribution in [0.5, 0.6) is 11.5 Å². The number of methoxy groups -OCH3 is 2. The average molecular weight is 488 g/mol. The quantitative estimate of drug-likeness (QED) is 0.234. The number of pyridine rings is 1. The predicted molar refractivity (Wildman–Crippen MR) is 136 cm³/mol. The molecule has 160 valence electrons. The summed E-state index contributed by atoms with van der Waals surface area (Å²) in [5, 5.41) is 5.37. The zero-order valence-corrected chi connectivity index (χ0v) is 19.3. The standard InChI is InChI=1S/C26H22BrN3O2/c1-31-22-11-12-24-23(16-22)25(15-21(29-24)10-8-18-6-4-3-5-7-18)30-28-17-19-14-20(27)9-13-26(19)32-2/h3-17H,1-2H3,(H,29,30). The summed E-state index contributed by atoms with van der Waals surface area (Å²) in [4.78, 5) is 4.77. The van der Waals surface area contributed by atoms with Crippen molar-refractivity contribution in [3.8, 4) is 11.5 Å². The maximum absolute atomic E-state index is 5.42. The highest BCUT2D eigenvalue weighted by Gasteiger charge is 2.07. The summed E-state index contributed by atoms with van der Waals surface area (Å²) in [6.07, 6.45) is 5.76. The molecule has 6 heteroatoms. The van der Waals surface area contributed by atoms with Crippen LogP contribution in [0, 0.1) is 0 Å². The van der Waals surface area contributed by atoms with E-state index in [1.54, 1.807) is 20.4 Å². The summed E-state index contributed by atoms with van der Waals surface area (Å²) in [5.41, 5.74) is 7.63. The molecule has 4 aromatic rings. The van der Waals surface area contributed by atoms with Crippen LogP contribution in [0.1, 0.15) is 16.8 Å². The molecule has 0 unspecified atom stereocenters. The molecule has 1 aromatic heterocycles. The number of aromatic nitrogens is 1. The largest absolute Gasteiger partial charge is 0.497 e. The molecule has 1 N–H and O–H groups in total. The Morgan fingerprint density at radius 2 is 1.75 bits per heavy atom. The van der Waals surface area contributed by atoms with E-state index >= 15 is 0 Å². The highest BCUT2D eigenvalue weighted by molar-refractivity contribution is 9.10. The Bertz CT molecular complexity index is 1290. The van der Waals surface area contributed by atoms with Crippen LogP contribution in [0.15, 0.2) is 82.4 Å². The van der Waals surface area contributed by atoms with E-state index in [0.29, 0.717) is 0 Å². The van der Waals surface area contributed by atoms with Gasteiger partial charge in [-0.15, -0.1) is 0 Å². The van der Waals surface area contributed by atoms with Crippen LogP contribution in [0.4, 0.5) is 5.69 Å².